The molecule has 0 saturated carbocycles. The third kappa shape index (κ3) is 5.36. The fourth-order valence-electron chi connectivity index (χ4n) is 4.18. The van der Waals surface area contributed by atoms with E-state index in [1.54, 1.807) is 61.5 Å². The summed E-state index contributed by atoms with van der Waals surface area (Å²) in [5.41, 5.74) is 1.68. The predicted molar refractivity (Wildman–Crippen MR) is 132 cm³/mol. The van der Waals surface area contributed by atoms with E-state index in [0.717, 1.165) is 0 Å². The minimum absolute atomic E-state index is 0.130. The number of aliphatic hydroxyl groups excluding tert-OH is 1. The van der Waals surface area contributed by atoms with Gasteiger partial charge in [0.15, 0.2) is 0 Å². The Balaban J connectivity index is 1.69. The zero-order valence-electron chi connectivity index (χ0n) is 20.5. The number of pyridine rings is 2. The van der Waals surface area contributed by atoms with Crippen molar-refractivity contribution in [1.82, 2.24) is 19.8 Å². The first-order valence-electron chi connectivity index (χ1n) is 11.8. The van der Waals surface area contributed by atoms with Gasteiger partial charge in [-0.05, 0) is 42.8 Å². The molecule has 188 valence electrons. The monoisotopic (exact) mass is 492 g/mol. The largest absolute Gasteiger partial charge is 0.472 e. The standard InChI is InChI=1S/C27H29FN4O4/c1-17-14-32(18(2)16-33)26(34)22-12-20(19-7-6-8-21(28)11-19)13-30-25(22)36-24(17)15-31(3)27(35)23-9-4-5-10-29-23/h4-13,17-18,24,33H,14-16H2,1-3H3/t17-,18-,24-/m1/s1. The highest BCUT2D eigenvalue weighted by molar-refractivity contribution is 5.98. The van der Waals surface area contributed by atoms with E-state index >= 15 is 0 Å². The van der Waals surface area contributed by atoms with E-state index in [0.29, 0.717) is 23.4 Å². The Morgan fingerprint density at radius 1 is 1.22 bits per heavy atom. The van der Waals surface area contributed by atoms with Crippen LogP contribution in [0.3, 0.4) is 0 Å². The molecule has 8 nitrogen and oxygen atoms in total. The molecule has 0 unspecified atom stereocenters. The first kappa shape index (κ1) is 25.2. The zero-order chi connectivity index (χ0) is 25.8. The summed E-state index contributed by atoms with van der Waals surface area (Å²) < 4.78 is 20.1. The molecule has 1 aromatic carbocycles. The summed E-state index contributed by atoms with van der Waals surface area (Å²) in [5, 5.41) is 9.83. The van der Waals surface area contributed by atoms with Crippen LogP contribution in [0.25, 0.3) is 11.1 Å². The van der Waals surface area contributed by atoms with E-state index in [4.69, 9.17) is 4.74 Å². The van der Waals surface area contributed by atoms with Crippen LogP contribution in [0.2, 0.25) is 0 Å². The lowest BCUT2D eigenvalue weighted by Gasteiger charge is -2.37. The van der Waals surface area contributed by atoms with Crippen molar-refractivity contribution in [3.8, 4) is 17.0 Å². The summed E-state index contributed by atoms with van der Waals surface area (Å²) in [5.74, 6) is -1.03. The molecule has 2 aromatic heterocycles. The SMILES string of the molecule is C[C@@H]1CN([C@H](C)CO)C(=O)c2cc(-c3cccc(F)c3)cnc2O[C@@H]1CN(C)C(=O)c1ccccn1. The maximum atomic E-state index is 13.8. The lowest BCUT2D eigenvalue weighted by molar-refractivity contribution is 0.0312. The van der Waals surface area contributed by atoms with Gasteiger partial charge in [-0.25, -0.2) is 9.37 Å². The summed E-state index contributed by atoms with van der Waals surface area (Å²) in [6.45, 7) is 4.02. The number of amides is 2. The smallest absolute Gasteiger partial charge is 0.272 e. The molecular formula is C27H29FN4O4. The average Bonchev–Trinajstić information content (AvgIpc) is 2.90. The van der Waals surface area contributed by atoms with Gasteiger partial charge in [-0.1, -0.05) is 25.1 Å². The molecule has 1 N–H and O–H groups in total. The molecule has 3 atom stereocenters. The van der Waals surface area contributed by atoms with Crippen LogP contribution in [0.1, 0.15) is 34.7 Å². The topological polar surface area (TPSA) is 95.9 Å². The second-order valence-corrected chi connectivity index (χ2v) is 9.11. The van der Waals surface area contributed by atoms with Gasteiger partial charge in [-0.15, -0.1) is 0 Å². The van der Waals surface area contributed by atoms with Crippen LogP contribution in [0.15, 0.2) is 60.9 Å². The van der Waals surface area contributed by atoms with Gasteiger partial charge in [-0.2, -0.15) is 0 Å². The molecule has 0 spiro atoms. The summed E-state index contributed by atoms with van der Waals surface area (Å²) in [7, 11) is 1.67. The minimum atomic E-state index is -0.490. The highest BCUT2D eigenvalue weighted by Crippen LogP contribution is 2.30. The Morgan fingerprint density at radius 2 is 2.03 bits per heavy atom. The minimum Gasteiger partial charge on any atom is -0.472 e. The number of benzene rings is 1. The van der Waals surface area contributed by atoms with Gasteiger partial charge in [0.05, 0.1) is 19.2 Å². The zero-order valence-corrected chi connectivity index (χ0v) is 20.5. The highest BCUT2D eigenvalue weighted by atomic mass is 19.1. The number of hydrogen-bond acceptors (Lipinski definition) is 6. The summed E-state index contributed by atoms with van der Waals surface area (Å²) in [4.78, 5) is 38.1. The fraction of sp³-hybridized carbons (Fsp3) is 0.333. The second kappa shape index (κ2) is 10.8. The van der Waals surface area contributed by atoms with Crippen molar-refractivity contribution in [2.75, 3.05) is 26.7 Å². The van der Waals surface area contributed by atoms with Gasteiger partial charge in [0.2, 0.25) is 5.88 Å². The Labute approximate surface area is 209 Å². The van der Waals surface area contributed by atoms with Crippen LogP contribution in [-0.2, 0) is 0 Å². The molecule has 36 heavy (non-hydrogen) atoms. The number of ether oxygens (including phenoxy) is 1. The second-order valence-electron chi connectivity index (χ2n) is 9.11. The van der Waals surface area contributed by atoms with E-state index in [2.05, 4.69) is 9.97 Å². The van der Waals surface area contributed by atoms with Crippen molar-refractivity contribution in [3.63, 3.8) is 0 Å². The van der Waals surface area contributed by atoms with Crippen LogP contribution in [0.4, 0.5) is 4.39 Å². The molecule has 4 rings (SSSR count). The maximum absolute atomic E-state index is 13.8. The van der Waals surface area contributed by atoms with Crippen LogP contribution < -0.4 is 4.74 Å². The Morgan fingerprint density at radius 3 is 2.72 bits per heavy atom. The molecule has 0 fully saturated rings. The first-order chi connectivity index (χ1) is 17.3. The average molecular weight is 493 g/mol. The van der Waals surface area contributed by atoms with Gasteiger partial charge in [0, 0.05) is 37.5 Å². The summed E-state index contributed by atoms with van der Waals surface area (Å²) in [6.07, 6.45) is 2.61. The summed E-state index contributed by atoms with van der Waals surface area (Å²) in [6, 6.07) is 12.4. The number of aromatic nitrogens is 2. The Kier molecular flexibility index (Phi) is 7.59. The van der Waals surface area contributed by atoms with E-state index in [-0.39, 0.29) is 42.3 Å². The number of hydrogen-bond donors (Lipinski definition) is 1. The molecule has 0 bridgehead atoms. The van der Waals surface area contributed by atoms with Crippen LogP contribution >= 0.6 is 0 Å². The Bertz CT molecular complexity index is 1240. The van der Waals surface area contributed by atoms with Gasteiger partial charge < -0.3 is 19.6 Å². The third-order valence-electron chi connectivity index (χ3n) is 6.36. The van der Waals surface area contributed by atoms with Crippen LogP contribution in [0.5, 0.6) is 5.88 Å². The molecule has 9 heteroatoms. The van der Waals surface area contributed by atoms with E-state index < -0.39 is 18.0 Å². The fourth-order valence-corrected chi connectivity index (χ4v) is 4.18. The van der Waals surface area contributed by atoms with E-state index in [9.17, 15) is 19.1 Å². The first-order valence-corrected chi connectivity index (χ1v) is 11.8. The Hall–Kier alpha value is -3.85. The molecule has 3 heterocycles. The van der Waals surface area contributed by atoms with Crippen LogP contribution in [-0.4, -0.2) is 75.6 Å². The lowest BCUT2D eigenvalue weighted by atomic mass is 9.99. The molecule has 0 saturated heterocycles. The molecule has 1 aliphatic heterocycles. The van der Waals surface area contributed by atoms with E-state index in [1.165, 1.54) is 23.2 Å². The number of nitrogens with zero attached hydrogens (tertiary/aromatic N) is 4. The van der Waals surface area contributed by atoms with Gasteiger partial charge in [0.25, 0.3) is 11.8 Å². The molecule has 3 aromatic rings. The number of aliphatic hydroxyl groups is 1. The van der Waals surface area contributed by atoms with Gasteiger partial charge in [0.1, 0.15) is 23.2 Å². The number of fused-ring (bicyclic) bond motifs is 1. The predicted octanol–water partition coefficient (Wildman–Crippen LogP) is 3.28. The molecule has 2 amide bonds. The van der Waals surface area contributed by atoms with Crippen LogP contribution in [0, 0.1) is 11.7 Å². The lowest BCUT2D eigenvalue weighted by Crippen LogP contribution is -2.50. The van der Waals surface area contributed by atoms with E-state index in [1.807, 2.05) is 6.92 Å². The quantitative estimate of drug-likeness (QED) is 0.568. The van der Waals surface area contributed by atoms with Crippen molar-refractivity contribution in [1.29, 1.82) is 0 Å². The number of likely N-dealkylation sites (N-methyl/N-ethyl adjacent to an activating group) is 1. The van der Waals surface area contributed by atoms with Crippen molar-refractivity contribution in [2.24, 2.45) is 5.92 Å². The molecule has 1 aliphatic rings. The van der Waals surface area contributed by atoms with Crippen molar-refractivity contribution >= 4 is 11.8 Å². The molecular weight excluding hydrogens is 463 g/mol. The number of halogens is 1. The maximum Gasteiger partial charge on any atom is 0.272 e. The van der Waals surface area contributed by atoms with Crippen molar-refractivity contribution < 1.29 is 23.8 Å². The van der Waals surface area contributed by atoms with Crippen molar-refractivity contribution in [2.45, 2.75) is 26.0 Å². The van der Waals surface area contributed by atoms with Crippen molar-refractivity contribution in [3.05, 3.63) is 78.0 Å². The summed E-state index contributed by atoms with van der Waals surface area (Å²) >= 11 is 0. The number of carbonyl (C=O) groups excluding carboxylic acids is 2. The highest BCUT2D eigenvalue weighted by Gasteiger charge is 2.35. The molecule has 0 radical (unpaired) electrons. The number of carbonyl (C=O) groups is 2. The van der Waals surface area contributed by atoms with Gasteiger partial charge in [-0.3, -0.25) is 14.6 Å². The molecule has 0 aliphatic carbocycles. The third-order valence-corrected chi connectivity index (χ3v) is 6.36. The van der Waals surface area contributed by atoms with Gasteiger partial charge >= 0.3 is 0 Å². The normalized spacial score (nSPS) is 18.5. The number of rotatable bonds is 6.